The van der Waals surface area contributed by atoms with Gasteiger partial charge in [0.2, 0.25) is 5.91 Å². The van der Waals surface area contributed by atoms with Crippen molar-refractivity contribution in [3.8, 4) is 16.9 Å². The van der Waals surface area contributed by atoms with E-state index in [1.54, 1.807) is 6.92 Å². The normalized spacial score (nSPS) is 12.9. The van der Waals surface area contributed by atoms with Crippen LogP contribution in [0.1, 0.15) is 34.3 Å². The van der Waals surface area contributed by atoms with E-state index >= 15 is 0 Å². The average Bonchev–Trinajstić information content (AvgIpc) is 3.16. The number of amides is 2. The number of carboxylic acid groups (broad SMARTS) is 1. The van der Waals surface area contributed by atoms with Crippen LogP contribution in [0.4, 0.5) is 10.5 Å². The summed E-state index contributed by atoms with van der Waals surface area (Å²) in [4.78, 5) is 35.9. The molecule has 0 bridgehead atoms. The highest BCUT2D eigenvalue weighted by Crippen LogP contribution is 2.44. The molecule has 8 nitrogen and oxygen atoms in total. The maximum Gasteiger partial charge on any atom is 0.407 e. The first-order valence-corrected chi connectivity index (χ1v) is 10.8. The zero-order valence-corrected chi connectivity index (χ0v) is 18.4. The van der Waals surface area contributed by atoms with Crippen molar-refractivity contribution in [3.05, 3.63) is 83.4 Å². The minimum Gasteiger partial charge on any atom is -0.507 e. The van der Waals surface area contributed by atoms with E-state index < -0.39 is 29.6 Å². The van der Waals surface area contributed by atoms with Crippen LogP contribution in [0.15, 0.2) is 66.7 Å². The van der Waals surface area contributed by atoms with Gasteiger partial charge in [0.05, 0.1) is 5.92 Å². The molecular weight excluding hydrogens is 436 g/mol. The molecule has 2 amide bonds. The zero-order chi connectivity index (χ0) is 24.2. The fourth-order valence-electron chi connectivity index (χ4n) is 4.03. The van der Waals surface area contributed by atoms with Gasteiger partial charge < -0.3 is 25.6 Å². The summed E-state index contributed by atoms with van der Waals surface area (Å²) in [5, 5.41) is 23.8. The summed E-state index contributed by atoms with van der Waals surface area (Å²) < 4.78 is 5.47. The second-order valence-electron chi connectivity index (χ2n) is 8.13. The lowest BCUT2D eigenvalue weighted by Crippen LogP contribution is -2.35. The second kappa shape index (κ2) is 9.66. The van der Waals surface area contributed by atoms with Gasteiger partial charge in [0, 0.05) is 18.2 Å². The number of aromatic carboxylic acids is 1. The van der Waals surface area contributed by atoms with Crippen LogP contribution >= 0.6 is 0 Å². The molecule has 1 atom stereocenters. The molecule has 4 rings (SSSR count). The lowest BCUT2D eigenvalue weighted by atomic mass is 9.98. The Balaban J connectivity index is 1.30. The molecule has 1 aliphatic carbocycles. The summed E-state index contributed by atoms with van der Waals surface area (Å²) in [5.41, 5.74) is 4.41. The van der Waals surface area contributed by atoms with Gasteiger partial charge >= 0.3 is 12.1 Å². The molecule has 0 spiro atoms. The van der Waals surface area contributed by atoms with E-state index in [4.69, 9.17) is 9.84 Å². The Labute approximate surface area is 196 Å². The van der Waals surface area contributed by atoms with Crippen molar-refractivity contribution in [2.45, 2.75) is 12.8 Å². The fraction of sp³-hybridized carbons (Fsp3) is 0.192. The quantitative estimate of drug-likeness (QED) is 0.392. The number of carbonyl (C=O) groups is 3. The van der Waals surface area contributed by atoms with Crippen LogP contribution in [0.25, 0.3) is 11.1 Å². The minimum absolute atomic E-state index is 0.0341. The number of alkyl carbamates (subject to hydrolysis) is 1. The SMILES string of the molecule is CC(CNC(=O)OCC1c2ccccc2-c2ccccc21)C(=O)Nc1ccc(O)c(C(=O)O)c1. The first-order chi connectivity index (χ1) is 16.3. The van der Waals surface area contributed by atoms with Gasteiger partial charge in [-0.05, 0) is 40.5 Å². The highest BCUT2D eigenvalue weighted by molar-refractivity contribution is 5.96. The molecule has 8 heteroatoms. The maximum absolute atomic E-state index is 12.4. The van der Waals surface area contributed by atoms with Crippen LogP contribution in [-0.4, -0.2) is 41.3 Å². The van der Waals surface area contributed by atoms with E-state index in [9.17, 15) is 19.5 Å². The molecule has 0 radical (unpaired) electrons. The van der Waals surface area contributed by atoms with Gasteiger partial charge in [-0.3, -0.25) is 4.79 Å². The number of hydrogen-bond donors (Lipinski definition) is 4. The van der Waals surface area contributed by atoms with Gasteiger partial charge in [-0.2, -0.15) is 0 Å². The summed E-state index contributed by atoms with van der Waals surface area (Å²) in [6, 6.07) is 19.8. The third-order valence-corrected chi connectivity index (χ3v) is 5.84. The monoisotopic (exact) mass is 460 g/mol. The number of benzene rings is 3. The third kappa shape index (κ3) is 4.71. The van der Waals surface area contributed by atoms with Crippen molar-refractivity contribution < 1.29 is 29.3 Å². The number of carbonyl (C=O) groups excluding carboxylic acids is 2. The van der Waals surface area contributed by atoms with Crippen molar-refractivity contribution in [2.75, 3.05) is 18.5 Å². The molecule has 0 saturated heterocycles. The standard InChI is InChI=1S/C26H24N2O6/c1-15(24(30)28-16-10-11-23(29)21(12-16)25(31)32)13-27-26(33)34-14-22-19-8-4-2-6-17(19)18-7-3-5-9-20(18)22/h2-12,15,22,29H,13-14H2,1H3,(H,27,33)(H,28,30)(H,31,32). The van der Waals surface area contributed by atoms with Crippen molar-refractivity contribution in [2.24, 2.45) is 5.92 Å². The number of aromatic hydroxyl groups is 1. The van der Waals surface area contributed by atoms with Gasteiger partial charge in [-0.15, -0.1) is 0 Å². The van der Waals surface area contributed by atoms with Crippen LogP contribution < -0.4 is 10.6 Å². The molecule has 0 fully saturated rings. The zero-order valence-electron chi connectivity index (χ0n) is 18.4. The molecule has 34 heavy (non-hydrogen) atoms. The summed E-state index contributed by atoms with van der Waals surface area (Å²) in [6.45, 7) is 1.83. The molecule has 0 saturated carbocycles. The van der Waals surface area contributed by atoms with Crippen molar-refractivity contribution in [1.82, 2.24) is 5.32 Å². The smallest absolute Gasteiger partial charge is 0.407 e. The lowest BCUT2D eigenvalue weighted by molar-refractivity contribution is -0.119. The number of nitrogens with one attached hydrogen (secondary N) is 2. The summed E-state index contributed by atoms with van der Waals surface area (Å²) in [7, 11) is 0. The van der Waals surface area contributed by atoms with Gasteiger partial charge in [0.25, 0.3) is 0 Å². The van der Waals surface area contributed by atoms with Crippen LogP contribution in [0.5, 0.6) is 5.75 Å². The number of phenols is 1. The topological polar surface area (TPSA) is 125 Å². The highest BCUT2D eigenvalue weighted by Gasteiger charge is 2.29. The number of rotatable bonds is 7. The Morgan fingerprint density at radius 2 is 1.59 bits per heavy atom. The molecular formula is C26H24N2O6. The highest BCUT2D eigenvalue weighted by atomic mass is 16.5. The number of ether oxygens (including phenoxy) is 1. The number of hydrogen-bond acceptors (Lipinski definition) is 5. The molecule has 1 unspecified atom stereocenters. The molecule has 0 aromatic heterocycles. The van der Waals surface area contributed by atoms with Gasteiger partial charge in [0.1, 0.15) is 17.9 Å². The van der Waals surface area contributed by atoms with E-state index in [0.717, 1.165) is 22.3 Å². The number of fused-ring (bicyclic) bond motifs is 3. The summed E-state index contributed by atoms with van der Waals surface area (Å²) >= 11 is 0. The van der Waals surface area contributed by atoms with Crippen molar-refractivity contribution >= 4 is 23.7 Å². The summed E-state index contributed by atoms with van der Waals surface area (Å²) in [6.07, 6.45) is -0.626. The Bertz CT molecular complexity index is 1210. The second-order valence-corrected chi connectivity index (χ2v) is 8.13. The molecule has 1 aliphatic rings. The molecule has 3 aromatic carbocycles. The number of carboxylic acids is 1. The fourth-order valence-corrected chi connectivity index (χ4v) is 4.03. The molecule has 0 aliphatic heterocycles. The molecule has 3 aromatic rings. The predicted molar refractivity (Wildman–Crippen MR) is 126 cm³/mol. The predicted octanol–water partition coefficient (Wildman–Crippen LogP) is 4.20. The van der Waals surface area contributed by atoms with Gasteiger partial charge in [-0.25, -0.2) is 9.59 Å². The lowest BCUT2D eigenvalue weighted by Gasteiger charge is -2.16. The summed E-state index contributed by atoms with van der Waals surface area (Å²) in [5.74, 6) is -2.78. The van der Waals surface area contributed by atoms with E-state index in [-0.39, 0.29) is 30.3 Å². The van der Waals surface area contributed by atoms with E-state index in [0.29, 0.717) is 0 Å². The Kier molecular flexibility index (Phi) is 6.49. The first-order valence-electron chi connectivity index (χ1n) is 10.8. The van der Waals surface area contributed by atoms with E-state index in [1.165, 1.54) is 18.2 Å². The Morgan fingerprint density at radius 1 is 0.971 bits per heavy atom. The number of anilines is 1. The van der Waals surface area contributed by atoms with Crippen LogP contribution in [0.2, 0.25) is 0 Å². The largest absolute Gasteiger partial charge is 0.507 e. The van der Waals surface area contributed by atoms with Crippen molar-refractivity contribution in [3.63, 3.8) is 0 Å². The molecule has 4 N–H and O–H groups in total. The van der Waals surface area contributed by atoms with Crippen LogP contribution in [0, 0.1) is 5.92 Å². The van der Waals surface area contributed by atoms with Gasteiger partial charge in [-0.1, -0.05) is 55.5 Å². The minimum atomic E-state index is -1.31. The van der Waals surface area contributed by atoms with E-state index in [2.05, 4.69) is 22.8 Å². The third-order valence-electron chi connectivity index (χ3n) is 5.84. The Hall–Kier alpha value is -4.33. The van der Waals surface area contributed by atoms with Gasteiger partial charge in [0.15, 0.2) is 0 Å². The average molecular weight is 460 g/mol. The van der Waals surface area contributed by atoms with Crippen LogP contribution in [0.3, 0.4) is 0 Å². The van der Waals surface area contributed by atoms with Crippen LogP contribution in [-0.2, 0) is 9.53 Å². The van der Waals surface area contributed by atoms with E-state index in [1.807, 2.05) is 36.4 Å². The maximum atomic E-state index is 12.4. The Morgan fingerprint density at radius 3 is 2.21 bits per heavy atom. The van der Waals surface area contributed by atoms with Crippen molar-refractivity contribution in [1.29, 1.82) is 0 Å². The molecule has 0 heterocycles. The first kappa shape index (κ1) is 22.8. The molecule has 174 valence electrons.